The first-order chi connectivity index (χ1) is 9.13. The van der Waals surface area contributed by atoms with E-state index in [0.717, 1.165) is 6.42 Å². The van der Waals surface area contributed by atoms with E-state index in [0.29, 0.717) is 12.1 Å². The molecule has 19 heavy (non-hydrogen) atoms. The molecule has 2 aromatic rings. The maximum Gasteiger partial charge on any atom is 0.336 e. The van der Waals surface area contributed by atoms with Gasteiger partial charge in [-0.2, -0.15) is 0 Å². The van der Waals surface area contributed by atoms with Gasteiger partial charge in [0.2, 0.25) is 0 Å². The zero-order chi connectivity index (χ0) is 13.8. The first-order valence-electron chi connectivity index (χ1n) is 6.20. The van der Waals surface area contributed by atoms with Gasteiger partial charge in [-0.15, -0.1) is 0 Å². The zero-order valence-corrected chi connectivity index (χ0v) is 10.7. The highest BCUT2D eigenvalue weighted by molar-refractivity contribution is 5.89. The zero-order valence-electron chi connectivity index (χ0n) is 10.7. The summed E-state index contributed by atoms with van der Waals surface area (Å²) in [7, 11) is 0. The number of aromatic nitrogens is 2. The third-order valence-corrected chi connectivity index (χ3v) is 2.97. The first kappa shape index (κ1) is 13.1. The Morgan fingerprint density at radius 1 is 1.21 bits per heavy atom. The van der Waals surface area contributed by atoms with Gasteiger partial charge in [-0.05, 0) is 18.1 Å². The Hall–Kier alpha value is -2.30. The van der Waals surface area contributed by atoms with Crippen LogP contribution in [0.1, 0.15) is 29.3 Å². The Kier molecular flexibility index (Phi) is 3.85. The maximum atomic E-state index is 12.0. The standard InChI is InChI=1S/C14H16N2O3/c1-2-7-15-8-9-16(14(15)19)10-11-5-3-4-6-12(11)13(17)18/h3-6,8-9H,2,7,10H2,1H3,(H,17,18). The smallest absolute Gasteiger partial charge is 0.336 e. The molecule has 0 spiro atoms. The number of carboxylic acid groups (broad SMARTS) is 1. The summed E-state index contributed by atoms with van der Waals surface area (Å²) in [5.74, 6) is -0.975. The maximum absolute atomic E-state index is 12.0. The van der Waals surface area contributed by atoms with Crippen LogP contribution in [0, 0.1) is 0 Å². The monoisotopic (exact) mass is 260 g/mol. The SMILES string of the molecule is CCCn1ccn(Cc2ccccc2C(=O)O)c1=O. The van der Waals surface area contributed by atoms with Crippen LogP contribution < -0.4 is 5.69 Å². The largest absolute Gasteiger partial charge is 0.478 e. The van der Waals surface area contributed by atoms with E-state index in [4.69, 9.17) is 5.11 Å². The second-order valence-corrected chi connectivity index (χ2v) is 4.36. The van der Waals surface area contributed by atoms with Crippen LogP contribution in [-0.2, 0) is 13.1 Å². The molecule has 0 amide bonds. The summed E-state index contributed by atoms with van der Waals surface area (Å²) < 4.78 is 3.15. The van der Waals surface area contributed by atoms with Gasteiger partial charge in [-0.25, -0.2) is 9.59 Å². The van der Waals surface area contributed by atoms with E-state index in [1.807, 2.05) is 6.92 Å². The molecule has 1 heterocycles. The molecule has 0 aliphatic carbocycles. The van der Waals surface area contributed by atoms with Crippen LogP contribution in [0.2, 0.25) is 0 Å². The van der Waals surface area contributed by atoms with Crippen LogP contribution in [0.15, 0.2) is 41.5 Å². The molecule has 0 saturated heterocycles. The number of benzene rings is 1. The fraction of sp³-hybridized carbons (Fsp3) is 0.286. The van der Waals surface area contributed by atoms with Crippen molar-refractivity contribution < 1.29 is 9.90 Å². The number of rotatable bonds is 5. The van der Waals surface area contributed by atoms with Crippen molar-refractivity contribution in [3.8, 4) is 0 Å². The lowest BCUT2D eigenvalue weighted by molar-refractivity contribution is 0.0695. The first-order valence-corrected chi connectivity index (χ1v) is 6.20. The van der Waals surface area contributed by atoms with E-state index in [9.17, 15) is 9.59 Å². The van der Waals surface area contributed by atoms with E-state index in [1.54, 1.807) is 41.2 Å². The van der Waals surface area contributed by atoms with E-state index in [1.165, 1.54) is 4.57 Å². The molecule has 5 heteroatoms. The second kappa shape index (κ2) is 5.56. The summed E-state index contributed by atoms with van der Waals surface area (Å²) in [6, 6.07) is 6.73. The van der Waals surface area contributed by atoms with Crippen LogP contribution in [-0.4, -0.2) is 20.2 Å². The summed E-state index contributed by atoms with van der Waals surface area (Å²) in [5.41, 5.74) is 0.756. The fourth-order valence-corrected chi connectivity index (χ4v) is 2.04. The van der Waals surface area contributed by atoms with Crippen LogP contribution in [0.25, 0.3) is 0 Å². The molecule has 0 unspecified atom stereocenters. The van der Waals surface area contributed by atoms with Gasteiger partial charge in [0.25, 0.3) is 0 Å². The number of nitrogens with zero attached hydrogens (tertiary/aromatic N) is 2. The van der Waals surface area contributed by atoms with Crippen molar-refractivity contribution in [2.45, 2.75) is 26.4 Å². The lowest BCUT2D eigenvalue weighted by Gasteiger charge is -2.06. The lowest BCUT2D eigenvalue weighted by atomic mass is 10.1. The molecular formula is C14H16N2O3. The van der Waals surface area contributed by atoms with Crippen LogP contribution in [0.5, 0.6) is 0 Å². The molecule has 0 radical (unpaired) electrons. The van der Waals surface area contributed by atoms with Crippen molar-refractivity contribution in [1.29, 1.82) is 0 Å². The molecule has 0 aliphatic rings. The van der Waals surface area contributed by atoms with Gasteiger partial charge < -0.3 is 5.11 Å². The molecule has 0 fully saturated rings. The topological polar surface area (TPSA) is 64.2 Å². The van der Waals surface area contributed by atoms with Gasteiger partial charge in [-0.3, -0.25) is 9.13 Å². The highest BCUT2D eigenvalue weighted by Gasteiger charge is 2.11. The lowest BCUT2D eigenvalue weighted by Crippen LogP contribution is -2.24. The Morgan fingerprint density at radius 3 is 2.58 bits per heavy atom. The number of carbonyl (C=O) groups is 1. The van der Waals surface area contributed by atoms with Crippen molar-refractivity contribution in [1.82, 2.24) is 9.13 Å². The average molecular weight is 260 g/mol. The molecule has 1 aromatic carbocycles. The highest BCUT2D eigenvalue weighted by atomic mass is 16.4. The minimum atomic E-state index is -0.975. The van der Waals surface area contributed by atoms with Gasteiger partial charge in [-0.1, -0.05) is 25.1 Å². The molecular weight excluding hydrogens is 244 g/mol. The van der Waals surface area contributed by atoms with Gasteiger partial charge in [0.05, 0.1) is 12.1 Å². The number of aryl methyl sites for hydroxylation is 1. The predicted octanol–water partition coefficient (Wildman–Crippen LogP) is 1.81. The number of hydrogen-bond donors (Lipinski definition) is 1. The summed E-state index contributed by atoms with van der Waals surface area (Å²) in [6.07, 6.45) is 4.31. The van der Waals surface area contributed by atoms with Gasteiger partial charge in [0.1, 0.15) is 0 Å². The quantitative estimate of drug-likeness (QED) is 0.891. The number of imidazole rings is 1. The predicted molar refractivity (Wildman–Crippen MR) is 71.5 cm³/mol. The number of aromatic carboxylic acids is 1. The van der Waals surface area contributed by atoms with E-state index in [-0.39, 0.29) is 17.8 Å². The van der Waals surface area contributed by atoms with Gasteiger partial charge >= 0.3 is 11.7 Å². The van der Waals surface area contributed by atoms with E-state index >= 15 is 0 Å². The molecule has 100 valence electrons. The molecule has 1 N–H and O–H groups in total. The van der Waals surface area contributed by atoms with Crippen LogP contribution >= 0.6 is 0 Å². The summed E-state index contributed by atoms with van der Waals surface area (Å²) >= 11 is 0. The fourth-order valence-electron chi connectivity index (χ4n) is 2.04. The summed E-state index contributed by atoms with van der Waals surface area (Å²) in [4.78, 5) is 23.1. The van der Waals surface area contributed by atoms with Crippen LogP contribution in [0.3, 0.4) is 0 Å². The van der Waals surface area contributed by atoms with E-state index < -0.39 is 5.97 Å². The van der Waals surface area contributed by atoms with E-state index in [2.05, 4.69) is 0 Å². The third-order valence-electron chi connectivity index (χ3n) is 2.97. The Balaban J connectivity index is 2.32. The van der Waals surface area contributed by atoms with Crippen LogP contribution in [0.4, 0.5) is 0 Å². The van der Waals surface area contributed by atoms with Crippen molar-refractivity contribution in [3.63, 3.8) is 0 Å². The Morgan fingerprint density at radius 2 is 1.89 bits per heavy atom. The molecule has 1 aromatic heterocycles. The summed E-state index contributed by atoms with van der Waals surface area (Å²) in [5, 5.41) is 9.11. The Labute approximate surface area is 110 Å². The second-order valence-electron chi connectivity index (χ2n) is 4.36. The molecule has 0 atom stereocenters. The van der Waals surface area contributed by atoms with Gasteiger partial charge in [0, 0.05) is 18.9 Å². The molecule has 2 rings (SSSR count). The summed E-state index contributed by atoms with van der Waals surface area (Å²) in [6.45, 7) is 2.95. The number of hydrogen-bond acceptors (Lipinski definition) is 2. The Bertz CT molecular complexity index is 640. The molecule has 0 saturated carbocycles. The third kappa shape index (κ3) is 2.76. The van der Waals surface area contributed by atoms with Crippen molar-refractivity contribution in [3.05, 3.63) is 58.3 Å². The highest BCUT2D eigenvalue weighted by Crippen LogP contribution is 2.10. The van der Waals surface area contributed by atoms with Gasteiger partial charge in [0.15, 0.2) is 0 Å². The molecule has 0 aliphatic heterocycles. The van der Waals surface area contributed by atoms with Crippen molar-refractivity contribution >= 4 is 5.97 Å². The normalized spacial score (nSPS) is 10.6. The average Bonchev–Trinajstić information content (AvgIpc) is 2.73. The van der Waals surface area contributed by atoms with Crippen molar-refractivity contribution in [2.24, 2.45) is 0 Å². The minimum Gasteiger partial charge on any atom is -0.478 e. The van der Waals surface area contributed by atoms with Crippen molar-refractivity contribution in [2.75, 3.05) is 0 Å². The number of carboxylic acids is 1. The molecule has 5 nitrogen and oxygen atoms in total. The molecule has 0 bridgehead atoms. The minimum absolute atomic E-state index is 0.109.